The van der Waals surface area contributed by atoms with Crippen molar-refractivity contribution in [2.75, 3.05) is 0 Å². The monoisotopic (exact) mass is 304 g/mol. The molecule has 0 saturated heterocycles. The predicted molar refractivity (Wildman–Crippen MR) is 86.9 cm³/mol. The molecule has 0 aromatic carbocycles. The number of aliphatic hydroxyl groups excluding tert-OH is 2. The Balaban J connectivity index is 2.04. The molecule has 0 aromatic rings. The Kier molecular flexibility index (Phi) is 5.14. The van der Waals surface area contributed by atoms with Gasteiger partial charge in [0, 0.05) is 30.1 Å². The van der Waals surface area contributed by atoms with Crippen LogP contribution in [-0.2, 0) is 4.79 Å². The Labute approximate surface area is 133 Å². The fourth-order valence-electron chi connectivity index (χ4n) is 3.96. The van der Waals surface area contributed by atoms with Crippen LogP contribution >= 0.6 is 0 Å². The number of fused-ring (bicyclic) bond motifs is 1. The van der Waals surface area contributed by atoms with Crippen LogP contribution < -0.4 is 0 Å². The summed E-state index contributed by atoms with van der Waals surface area (Å²) in [5.41, 5.74) is -0.265. The molecule has 3 heteroatoms. The molecule has 0 aliphatic heterocycles. The highest BCUT2D eigenvalue weighted by atomic mass is 16.3. The van der Waals surface area contributed by atoms with Gasteiger partial charge in [-0.25, -0.2) is 0 Å². The van der Waals surface area contributed by atoms with E-state index in [4.69, 9.17) is 0 Å². The Morgan fingerprint density at radius 1 is 1.36 bits per heavy atom. The van der Waals surface area contributed by atoms with Crippen LogP contribution in [0.5, 0.6) is 0 Å². The quantitative estimate of drug-likeness (QED) is 0.620. The summed E-state index contributed by atoms with van der Waals surface area (Å²) in [6.07, 6.45) is 4.65. The maximum absolute atomic E-state index is 11.6. The van der Waals surface area contributed by atoms with Crippen molar-refractivity contribution in [2.45, 2.75) is 59.2 Å². The van der Waals surface area contributed by atoms with Crippen LogP contribution in [0, 0.1) is 40.9 Å². The van der Waals surface area contributed by atoms with E-state index in [1.54, 1.807) is 6.08 Å². The normalized spacial score (nSPS) is 34.4. The molecule has 0 bridgehead atoms. The van der Waals surface area contributed by atoms with E-state index < -0.39 is 6.10 Å². The predicted octanol–water partition coefficient (Wildman–Crippen LogP) is 2.57. The molecule has 2 saturated carbocycles. The lowest BCUT2D eigenvalue weighted by atomic mass is 9.77. The van der Waals surface area contributed by atoms with Crippen LogP contribution in [0.4, 0.5) is 0 Å². The number of hydrogen-bond acceptors (Lipinski definition) is 3. The first kappa shape index (κ1) is 17.2. The van der Waals surface area contributed by atoms with E-state index in [1.165, 1.54) is 0 Å². The standard InChI is InChI=1S/C19H28O3/c1-5-8-19(3,4)12(2)17(21)7-6-15-16-11-14(20)9-13(16)10-18(15)22/h6-7,12-13,15-18,21-22H,9-11H2,1-4H3/b7-6+/t12?,13-,15+,16-,17+,18+/m0/s1. The Morgan fingerprint density at radius 3 is 2.68 bits per heavy atom. The average molecular weight is 304 g/mol. The highest BCUT2D eigenvalue weighted by Crippen LogP contribution is 2.47. The van der Waals surface area contributed by atoms with Gasteiger partial charge >= 0.3 is 0 Å². The van der Waals surface area contributed by atoms with Gasteiger partial charge in [0.15, 0.2) is 0 Å². The second kappa shape index (κ2) is 6.56. The maximum atomic E-state index is 11.6. The summed E-state index contributed by atoms with van der Waals surface area (Å²) in [6, 6.07) is 0. The van der Waals surface area contributed by atoms with Gasteiger partial charge in [-0.1, -0.05) is 25.0 Å². The fourth-order valence-corrected chi connectivity index (χ4v) is 3.96. The molecule has 0 spiro atoms. The van der Waals surface area contributed by atoms with Gasteiger partial charge in [-0.2, -0.15) is 0 Å². The molecule has 2 N–H and O–H groups in total. The third kappa shape index (κ3) is 3.45. The Morgan fingerprint density at radius 2 is 2.05 bits per heavy atom. The fraction of sp³-hybridized carbons (Fsp3) is 0.737. The molecule has 1 unspecified atom stereocenters. The van der Waals surface area contributed by atoms with Crippen LogP contribution in [0.2, 0.25) is 0 Å². The summed E-state index contributed by atoms with van der Waals surface area (Å²) in [4.78, 5) is 11.6. The number of carbonyl (C=O) groups is 1. The molecule has 22 heavy (non-hydrogen) atoms. The topological polar surface area (TPSA) is 57.5 Å². The zero-order valence-electron chi connectivity index (χ0n) is 14.0. The van der Waals surface area contributed by atoms with Crippen molar-refractivity contribution in [3.05, 3.63) is 12.2 Å². The number of ketones is 1. The first-order valence-electron chi connectivity index (χ1n) is 8.26. The molecule has 3 nitrogen and oxygen atoms in total. The summed E-state index contributed by atoms with van der Waals surface area (Å²) >= 11 is 0. The van der Waals surface area contributed by atoms with Crippen LogP contribution in [0.25, 0.3) is 0 Å². The zero-order valence-corrected chi connectivity index (χ0v) is 14.0. The van der Waals surface area contributed by atoms with Crippen LogP contribution in [-0.4, -0.2) is 28.2 Å². The van der Waals surface area contributed by atoms with Crippen molar-refractivity contribution < 1.29 is 15.0 Å². The van der Waals surface area contributed by atoms with E-state index >= 15 is 0 Å². The molecule has 0 aromatic heterocycles. The van der Waals surface area contributed by atoms with Gasteiger partial charge in [0.25, 0.3) is 0 Å². The largest absolute Gasteiger partial charge is 0.392 e. The first-order chi connectivity index (χ1) is 10.3. The summed E-state index contributed by atoms with van der Waals surface area (Å²) in [6.45, 7) is 7.86. The number of rotatable bonds is 4. The molecule has 0 heterocycles. The van der Waals surface area contributed by atoms with Crippen molar-refractivity contribution in [3.8, 4) is 11.8 Å². The molecule has 2 aliphatic carbocycles. The highest BCUT2D eigenvalue weighted by Gasteiger charge is 2.46. The van der Waals surface area contributed by atoms with Crippen molar-refractivity contribution in [2.24, 2.45) is 29.1 Å². The SMILES string of the molecule is CC#CC(C)(C)C(C)[C@H](O)/C=C/[C@@H]1[C@H]2CC(=O)C[C@H]2C[C@H]1O. The minimum Gasteiger partial charge on any atom is -0.392 e. The van der Waals surface area contributed by atoms with Gasteiger partial charge in [0.1, 0.15) is 5.78 Å². The Bertz CT molecular complexity index is 509. The molecule has 122 valence electrons. The third-order valence-electron chi connectivity index (χ3n) is 5.67. The van der Waals surface area contributed by atoms with Crippen molar-refractivity contribution in [3.63, 3.8) is 0 Å². The summed E-state index contributed by atoms with van der Waals surface area (Å²) in [7, 11) is 0. The smallest absolute Gasteiger partial charge is 0.133 e. The van der Waals surface area contributed by atoms with E-state index in [2.05, 4.69) is 11.8 Å². The van der Waals surface area contributed by atoms with Crippen molar-refractivity contribution >= 4 is 5.78 Å². The first-order valence-corrected chi connectivity index (χ1v) is 8.26. The molecule has 2 fully saturated rings. The van der Waals surface area contributed by atoms with Gasteiger partial charge in [0.2, 0.25) is 0 Å². The molecular weight excluding hydrogens is 276 g/mol. The second-order valence-corrected chi connectivity index (χ2v) is 7.51. The minimum absolute atomic E-state index is 0.00123. The van der Waals surface area contributed by atoms with Gasteiger partial charge in [-0.05, 0) is 39.0 Å². The van der Waals surface area contributed by atoms with Crippen LogP contribution in [0.1, 0.15) is 47.0 Å². The zero-order chi connectivity index (χ0) is 16.5. The summed E-state index contributed by atoms with van der Waals surface area (Å²) in [5.74, 6) is 6.96. The lowest BCUT2D eigenvalue weighted by Gasteiger charge is -2.29. The molecule has 6 atom stereocenters. The molecule has 0 amide bonds. The van der Waals surface area contributed by atoms with Gasteiger partial charge < -0.3 is 10.2 Å². The molecular formula is C19H28O3. The van der Waals surface area contributed by atoms with E-state index in [0.717, 1.165) is 0 Å². The van der Waals surface area contributed by atoms with Gasteiger partial charge in [-0.15, -0.1) is 5.92 Å². The molecule has 2 aliphatic rings. The third-order valence-corrected chi connectivity index (χ3v) is 5.67. The lowest BCUT2D eigenvalue weighted by molar-refractivity contribution is -0.118. The Hall–Kier alpha value is -1.11. The molecule has 0 radical (unpaired) electrons. The maximum Gasteiger partial charge on any atom is 0.133 e. The number of Topliss-reactive ketones (excluding diaryl/α,β-unsaturated/α-hetero) is 1. The van der Waals surface area contributed by atoms with E-state index in [0.29, 0.717) is 31.0 Å². The van der Waals surface area contributed by atoms with Crippen LogP contribution in [0.15, 0.2) is 12.2 Å². The van der Waals surface area contributed by atoms with Crippen molar-refractivity contribution in [1.82, 2.24) is 0 Å². The van der Waals surface area contributed by atoms with E-state index in [9.17, 15) is 15.0 Å². The average Bonchev–Trinajstić information content (AvgIpc) is 2.90. The summed E-state index contributed by atoms with van der Waals surface area (Å²) in [5, 5.41) is 20.6. The minimum atomic E-state index is -0.598. The second-order valence-electron chi connectivity index (χ2n) is 7.51. The van der Waals surface area contributed by atoms with Gasteiger partial charge in [0.05, 0.1) is 12.2 Å². The van der Waals surface area contributed by atoms with Gasteiger partial charge in [-0.3, -0.25) is 4.79 Å². The van der Waals surface area contributed by atoms with Crippen LogP contribution in [0.3, 0.4) is 0 Å². The summed E-state index contributed by atoms with van der Waals surface area (Å²) < 4.78 is 0. The molecule has 2 rings (SSSR count). The number of carbonyl (C=O) groups excluding carboxylic acids is 1. The number of hydrogen-bond donors (Lipinski definition) is 2. The van der Waals surface area contributed by atoms with Crippen molar-refractivity contribution in [1.29, 1.82) is 0 Å². The highest BCUT2D eigenvalue weighted by molar-refractivity contribution is 5.81. The van der Waals surface area contributed by atoms with E-state index in [-0.39, 0.29) is 29.3 Å². The van der Waals surface area contributed by atoms with E-state index in [1.807, 2.05) is 33.8 Å². The lowest BCUT2D eigenvalue weighted by Crippen LogP contribution is -2.30. The number of aliphatic hydroxyl groups is 2.